The maximum Gasteiger partial charge on any atom is 1.00 e. The zero-order valence-electron chi connectivity index (χ0n) is 48.2. The van der Waals surface area contributed by atoms with Crippen molar-refractivity contribution in [2.75, 3.05) is 58.9 Å². The number of nitrogens with one attached hydrogen (secondary N) is 3. The molecule has 0 aromatic heterocycles. The van der Waals surface area contributed by atoms with Crippen molar-refractivity contribution in [3.63, 3.8) is 0 Å². The SMILES string of the molecule is O=C(O)c1c(OC2CN([C@H]3CN[C@H](C(=O)O)C3)C2)ccc2c1O[B-](O)(O)CC2.O=C(O)c1c(OC2CN([C@H]3CN[C@H](C(=O)O)C3)C2)ccc2c1O[B-](O)(O)CC2.O=C(O)c1c(OC2CN([C@H]3CN[C@H](C(=O)O)C3)C2)ccc2c1O[B-](O)(O)CC2.[Na+].[Na+].[Na+]. The molecule has 0 spiro atoms. The number of hydrogen-bond donors (Lipinski definition) is 15. The van der Waals surface area contributed by atoms with Crippen LogP contribution in [-0.4, -0.2) is 245 Å². The van der Waals surface area contributed by atoms with Crippen molar-refractivity contribution in [1.82, 2.24) is 30.7 Å². The molecule has 12 rings (SSSR count). The van der Waals surface area contributed by atoms with Crippen LogP contribution in [0, 0.1) is 0 Å². The molecular weight excluding hydrogens is 1180 g/mol. The molecule has 0 aliphatic carbocycles. The molecule has 0 amide bonds. The van der Waals surface area contributed by atoms with E-state index in [1.54, 1.807) is 36.4 Å². The Bertz CT molecular complexity index is 2770. The largest absolute Gasteiger partial charge is 1.00 e. The monoisotopic (exact) mass is 1250 g/mol. The zero-order chi connectivity index (χ0) is 60.2. The van der Waals surface area contributed by atoms with E-state index in [1.165, 1.54) is 0 Å². The maximum atomic E-state index is 11.8. The van der Waals surface area contributed by atoms with Crippen molar-refractivity contribution in [1.29, 1.82) is 0 Å². The number of nitrogens with zero attached hydrogens (tertiary/aromatic N) is 3. The van der Waals surface area contributed by atoms with Gasteiger partial charge in [0.25, 0.3) is 0 Å². The summed E-state index contributed by atoms with van der Waals surface area (Å²) in [7, 11) is 0. The van der Waals surface area contributed by atoms with Gasteiger partial charge in [-0.2, -0.15) is 0 Å². The quantitative estimate of drug-likeness (QED) is 0.0628. The van der Waals surface area contributed by atoms with Crippen LogP contribution in [0.4, 0.5) is 0 Å². The van der Waals surface area contributed by atoms with E-state index in [2.05, 4.69) is 30.7 Å². The Labute approximate surface area is 563 Å². The van der Waals surface area contributed by atoms with E-state index >= 15 is 0 Å². The summed E-state index contributed by atoms with van der Waals surface area (Å²) in [5.74, 6) is -6.16. The van der Waals surface area contributed by atoms with Crippen LogP contribution >= 0.6 is 0 Å². The number of hydrogen-bond acceptors (Lipinski definition) is 24. The normalized spacial score (nSPS) is 25.9. The Morgan fingerprint density at radius 3 is 0.862 bits per heavy atom. The Balaban J connectivity index is 0.000000183. The Morgan fingerprint density at radius 1 is 0.414 bits per heavy atom. The van der Waals surface area contributed by atoms with Gasteiger partial charge in [0.15, 0.2) is 0 Å². The first-order valence-corrected chi connectivity index (χ1v) is 27.9. The third kappa shape index (κ3) is 16.4. The molecule has 0 bridgehead atoms. The fourth-order valence-electron chi connectivity index (χ4n) is 12.1. The van der Waals surface area contributed by atoms with Crippen LogP contribution < -0.4 is 133 Å². The number of carboxylic acids is 6. The minimum Gasteiger partial charge on any atom is -0.669 e. The first-order valence-electron chi connectivity index (χ1n) is 27.9. The molecular formula is C51H66B3N6Na3O24. The molecule has 87 heavy (non-hydrogen) atoms. The van der Waals surface area contributed by atoms with E-state index < -0.39 is 74.2 Å². The Morgan fingerprint density at radius 2 is 0.655 bits per heavy atom. The van der Waals surface area contributed by atoms with Crippen LogP contribution in [0.3, 0.4) is 0 Å². The summed E-state index contributed by atoms with van der Waals surface area (Å²) in [6, 6.07) is 8.45. The number of rotatable bonds is 15. The van der Waals surface area contributed by atoms with Gasteiger partial charge in [0.1, 0.15) is 70.4 Å². The maximum absolute atomic E-state index is 11.8. The van der Waals surface area contributed by atoms with Crippen molar-refractivity contribution in [2.24, 2.45) is 0 Å². The fraction of sp³-hybridized carbons (Fsp3) is 0.529. The second-order valence-electron chi connectivity index (χ2n) is 22.9. The number of likely N-dealkylation sites (tertiary alicyclic amines) is 3. The van der Waals surface area contributed by atoms with Gasteiger partial charge < -0.3 is 105 Å². The minimum atomic E-state index is -3.08. The first kappa shape index (κ1) is 70.5. The van der Waals surface area contributed by atoms with Crippen molar-refractivity contribution in [3.05, 3.63) is 69.8 Å². The van der Waals surface area contributed by atoms with Gasteiger partial charge in [0.05, 0.1) is 17.2 Å². The minimum absolute atomic E-state index is 0. The average molecular weight is 1250 g/mol. The van der Waals surface area contributed by atoms with Crippen LogP contribution in [0.15, 0.2) is 36.4 Å². The van der Waals surface area contributed by atoms with E-state index in [0.29, 0.717) is 114 Å². The standard InChI is InChI=1S/3C17H22BN2O8.3Na/c3*21-16(22)12-5-10(6-19-12)20-7-11(8-20)27-13-2-1-9-3-4-18(25,26)28-15(9)14(13)17(23)24;;;/h3*1-2,10-12,19,25-26H,3-8H2,(H,21,22)(H,23,24);;;/q3*-1;3*+1/t3*10-,12+;;;/m111.../s1. The van der Waals surface area contributed by atoms with Crippen LogP contribution in [-0.2, 0) is 33.6 Å². The zero-order valence-corrected chi connectivity index (χ0v) is 54.2. The smallest absolute Gasteiger partial charge is 0.669 e. The molecule has 6 fully saturated rings. The number of carbonyl (C=O) groups is 6. The first-order chi connectivity index (χ1) is 39.7. The van der Waals surface area contributed by atoms with E-state index in [9.17, 15) is 74.2 Å². The number of aliphatic carboxylic acids is 3. The van der Waals surface area contributed by atoms with Gasteiger partial charge in [-0.15, -0.1) is 0 Å². The summed E-state index contributed by atoms with van der Waals surface area (Å²) in [5.41, 5.74) is 1.16. The molecule has 9 aliphatic heterocycles. The summed E-state index contributed by atoms with van der Waals surface area (Å²) in [5, 5.41) is 124. The van der Waals surface area contributed by atoms with Crippen molar-refractivity contribution >= 4 is 56.1 Å². The number of carboxylic acid groups (broad SMARTS) is 6. The number of aryl methyl sites for hydroxylation is 3. The summed E-state index contributed by atoms with van der Waals surface area (Å²) in [4.78, 5) is 74.8. The van der Waals surface area contributed by atoms with E-state index in [-0.39, 0.29) is 195 Å². The van der Waals surface area contributed by atoms with Crippen molar-refractivity contribution in [3.8, 4) is 34.5 Å². The van der Waals surface area contributed by atoms with E-state index in [1.807, 2.05) is 0 Å². The van der Waals surface area contributed by atoms with Gasteiger partial charge in [-0.25, -0.2) is 14.4 Å². The van der Waals surface area contributed by atoms with Gasteiger partial charge in [0.2, 0.25) is 0 Å². The molecule has 36 heteroatoms. The molecule has 15 N–H and O–H groups in total. The van der Waals surface area contributed by atoms with E-state index in [0.717, 1.165) is 0 Å². The predicted octanol–water partition coefficient (Wildman–Crippen LogP) is -11.6. The number of fused-ring (bicyclic) bond motifs is 3. The molecule has 30 nitrogen and oxygen atoms in total. The molecule has 0 radical (unpaired) electrons. The van der Waals surface area contributed by atoms with Gasteiger partial charge in [-0.3, -0.25) is 29.1 Å². The van der Waals surface area contributed by atoms with Gasteiger partial charge >= 0.3 is 145 Å². The third-order valence-corrected chi connectivity index (χ3v) is 16.8. The van der Waals surface area contributed by atoms with E-state index in [4.69, 9.17) is 43.5 Å². The molecule has 9 aliphatic rings. The third-order valence-electron chi connectivity index (χ3n) is 16.8. The summed E-state index contributed by atoms with van der Waals surface area (Å²) < 4.78 is 33.0. The summed E-state index contributed by atoms with van der Waals surface area (Å²) in [6.07, 6.45) is 1.80. The molecule has 456 valence electrons. The van der Waals surface area contributed by atoms with Crippen molar-refractivity contribution < 1.29 is 206 Å². The van der Waals surface area contributed by atoms with Crippen LogP contribution in [0.25, 0.3) is 0 Å². The molecule has 0 unspecified atom stereocenters. The average Bonchev–Trinajstić information content (AvgIpc) is 1.61. The van der Waals surface area contributed by atoms with Gasteiger partial charge in [-0.1, -0.05) is 37.2 Å². The second kappa shape index (κ2) is 28.7. The van der Waals surface area contributed by atoms with Gasteiger partial charge in [0, 0.05) is 77.0 Å². The van der Waals surface area contributed by atoms with Crippen LogP contribution in [0.5, 0.6) is 34.5 Å². The molecule has 6 saturated heterocycles. The molecule has 3 aromatic rings. The van der Waals surface area contributed by atoms with Crippen LogP contribution in [0.2, 0.25) is 19.0 Å². The molecule has 9 heterocycles. The Hall–Kier alpha value is -4.01. The molecule has 6 atom stereocenters. The van der Waals surface area contributed by atoms with Crippen molar-refractivity contribution in [2.45, 2.75) is 112 Å². The summed E-state index contributed by atoms with van der Waals surface area (Å²) in [6.45, 7) is -4.11. The van der Waals surface area contributed by atoms with Crippen LogP contribution in [0.1, 0.15) is 67.0 Å². The topological polar surface area (TPSA) is 446 Å². The van der Waals surface area contributed by atoms with Gasteiger partial charge in [-0.05, 0) is 73.4 Å². The summed E-state index contributed by atoms with van der Waals surface area (Å²) >= 11 is 0. The number of ether oxygens (including phenoxy) is 3. The molecule has 3 aromatic carbocycles. The number of aromatic carboxylic acids is 3. The predicted molar refractivity (Wildman–Crippen MR) is 290 cm³/mol. The second-order valence-corrected chi connectivity index (χ2v) is 22.9. The fourth-order valence-corrected chi connectivity index (χ4v) is 12.1. The Kier molecular flexibility index (Phi) is 23.2. The number of benzene rings is 3. The molecule has 0 saturated carbocycles.